The van der Waals surface area contributed by atoms with Crippen LogP contribution in [0.3, 0.4) is 0 Å². The van der Waals surface area contributed by atoms with E-state index >= 15 is 0 Å². The fourth-order valence-electron chi connectivity index (χ4n) is 5.18. The van der Waals surface area contributed by atoms with Crippen LogP contribution in [0, 0.1) is 12.3 Å². The third kappa shape index (κ3) is 3.68. The summed E-state index contributed by atoms with van der Waals surface area (Å²) >= 11 is 0. The number of piperidine rings is 1. The van der Waals surface area contributed by atoms with E-state index in [0.717, 1.165) is 11.1 Å². The molecule has 32 heavy (non-hydrogen) atoms. The number of sulfonamides is 1. The van der Waals surface area contributed by atoms with Crippen LogP contribution in [0.15, 0.2) is 12.3 Å². The van der Waals surface area contributed by atoms with Crippen LogP contribution in [0.5, 0.6) is 0 Å². The average Bonchev–Trinajstić information content (AvgIpc) is 3.21. The van der Waals surface area contributed by atoms with E-state index in [0.29, 0.717) is 69.1 Å². The molecule has 1 spiro atoms. The van der Waals surface area contributed by atoms with Crippen molar-refractivity contribution in [1.29, 1.82) is 0 Å². The molecular weight excluding hydrogens is 438 g/mol. The van der Waals surface area contributed by atoms with Gasteiger partial charge in [0.25, 0.3) is 5.92 Å². The van der Waals surface area contributed by atoms with Crippen LogP contribution in [-0.4, -0.2) is 72.1 Å². The van der Waals surface area contributed by atoms with Crippen molar-refractivity contribution in [2.24, 2.45) is 5.41 Å². The normalized spacial score (nSPS) is 26.6. The summed E-state index contributed by atoms with van der Waals surface area (Å²) in [7, 11) is -3.18. The van der Waals surface area contributed by atoms with E-state index in [1.165, 1.54) is 10.6 Å². The number of hydrogen-bond acceptors (Lipinski definition) is 7. The Balaban J connectivity index is 1.38. The predicted octanol–water partition coefficient (Wildman–Crippen LogP) is 2.79. The molecule has 2 aromatic heterocycles. The van der Waals surface area contributed by atoms with Crippen molar-refractivity contribution in [3.8, 4) is 0 Å². The zero-order valence-corrected chi connectivity index (χ0v) is 19.1. The van der Waals surface area contributed by atoms with Gasteiger partial charge < -0.3 is 10.2 Å². The molecule has 2 aliphatic heterocycles. The van der Waals surface area contributed by atoms with Crippen LogP contribution < -0.4 is 10.2 Å². The van der Waals surface area contributed by atoms with Gasteiger partial charge in [0, 0.05) is 55.9 Å². The van der Waals surface area contributed by atoms with Crippen molar-refractivity contribution in [3.05, 3.63) is 18.0 Å². The van der Waals surface area contributed by atoms with Crippen molar-refractivity contribution in [2.75, 3.05) is 42.7 Å². The standard InChI is InChI=1S/C21H28F2N6O2S/c1-14-11-15-12-24-19(26-16-3-8-29(9-4-16)32(2,30)31)27-17(15)18(25-14)28-10-7-20(13-28)5-6-21(20,22)23/h11-12,16H,3-10,13H2,1-2H3,(H,24,26,27). The number of alkyl halides is 2. The number of pyridine rings is 1. The Morgan fingerprint density at radius 2 is 1.88 bits per heavy atom. The lowest BCUT2D eigenvalue weighted by Gasteiger charge is -2.46. The van der Waals surface area contributed by atoms with Crippen LogP contribution >= 0.6 is 0 Å². The molecule has 0 aromatic carbocycles. The highest BCUT2D eigenvalue weighted by atomic mass is 32.2. The third-order valence-electron chi connectivity index (χ3n) is 7.28. The Labute approximate surface area is 186 Å². The SMILES string of the molecule is Cc1cc2cnc(NC3CCN(S(C)(=O)=O)CC3)nc2c(N2CCC3(CCC3(F)F)C2)n1. The second-order valence-corrected chi connectivity index (χ2v) is 11.4. The number of anilines is 2. The highest BCUT2D eigenvalue weighted by Gasteiger charge is 2.63. The van der Waals surface area contributed by atoms with Gasteiger partial charge in [0.1, 0.15) is 5.52 Å². The summed E-state index contributed by atoms with van der Waals surface area (Å²) in [5.41, 5.74) is 0.513. The summed E-state index contributed by atoms with van der Waals surface area (Å²) in [5, 5.41) is 4.14. The molecule has 4 heterocycles. The van der Waals surface area contributed by atoms with Crippen molar-refractivity contribution in [1.82, 2.24) is 19.3 Å². The summed E-state index contributed by atoms with van der Waals surface area (Å²) in [5.74, 6) is -1.52. The van der Waals surface area contributed by atoms with E-state index in [9.17, 15) is 17.2 Å². The summed E-state index contributed by atoms with van der Waals surface area (Å²) < 4.78 is 53.5. The fraction of sp³-hybridized carbons (Fsp3) is 0.667. The molecule has 174 valence electrons. The molecule has 0 amide bonds. The number of nitrogens with zero attached hydrogens (tertiary/aromatic N) is 5. The van der Waals surface area contributed by atoms with E-state index in [2.05, 4.69) is 15.3 Å². The van der Waals surface area contributed by atoms with Crippen molar-refractivity contribution in [2.45, 2.75) is 51.0 Å². The molecule has 1 N–H and O–H groups in total. The Kier molecular flexibility index (Phi) is 5.05. The smallest absolute Gasteiger partial charge is 0.255 e. The molecule has 3 aliphatic rings. The molecule has 11 heteroatoms. The molecule has 2 saturated heterocycles. The first-order valence-corrected chi connectivity index (χ1v) is 12.9. The number of halogens is 2. The quantitative estimate of drug-likeness (QED) is 0.741. The van der Waals surface area contributed by atoms with Crippen LogP contribution in [0.4, 0.5) is 20.5 Å². The van der Waals surface area contributed by atoms with E-state index in [1.807, 2.05) is 17.9 Å². The van der Waals surface area contributed by atoms with E-state index in [4.69, 9.17) is 4.98 Å². The lowest BCUT2D eigenvalue weighted by Crippen LogP contribution is -2.52. The molecule has 1 atom stereocenters. The van der Waals surface area contributed by atoms with Crippen LogP contribution in [0.2, 0.25) is 0 Å². The van der Waals surface area contributed by atoms with Gasteiger partial charge in [0.2, 0.25) is 16.0 Å². The van der Waals surface area contributed by atoms with Gasteiger partial charge in [0.15, 0.2) is 5.82 Å². The maximum Gasteiger partial charge on any atom is 0.255 e. The monoisotopic (exact) mass is 466 g/mol. The van der Waals surface area contributed by atoms with Gasteiger partial charge in [-0.2, -0.15) is 0 Å². The Morgan fingerprint density at radius 3 is 2.47 bits per heavy atom. The number of nitrogens with one attached hydrogen (secondary N) is 1. The average molecular weight is 467 g/mol. The molecule has 1 aliphatic carbocycles. The van der Waals surface area contributed by atoms with Crippen LogP contribution in [0.1, 0.15) is 37.8 Å². The molecule has 0 bridgehead atoms. The van der Waals surface area contributed by atoms with Gasteiger partial charge in [-0.05, 0) is 38.7 Å². The van der Waals surface area contributed by atoms with Gasteiger partial charge in [-0.1, -0.05) is 0 Å². The minimum Gasteiger partial charge on any atom is -0.354 e. The minimum atomic E-state index is -3.18. The molecule has 1 saturated carbocycles. The second kappa shape index (κ2) is 7.44. The Bertz CT molecular complexity index is 1150. The first-order valence-electron chi connectivity index (χ1n) is 11.1. The maximum absolute atomic E-state index is 14.3. The number of hydrogen-bond donors (Lipinski definition) is 1. The summed E-state index contributed by atoms with van der Waals surface area (Å²) in [4.78, 5) is 15.8. The molecule has 3 fully saturated rings. The first kappa shape index (κ1) is 21.7. The van der Waals surface area contributed by atoms with E-state index < -0.39 is 21.4 Å². The number of fused-ring (bicyclic) bond motifs is 1. The number of rotatable bonds is 4. The minimum absolute atomic E-state index is 0.0305. The molecule has 5 rings (SSSR count). The van der Waals surface area contributed by atoms with Crippen molar-refractivity contribution >= 4 is 32.7 Å². The fourth-order valence-corrected chi connectivity index (χ4v) is 6.06. The van der Waals surface area contributed by atoms with Crippen molar-refractivity contribution < 1.29 is 17.2 Å². The molecule has 0 radical (unpaired) electrons. The van der Waals surface area contributed by atoms with Crippen molar-refractivity contribution in [3.63, 3.8) is 0 Å². The zero-order chi connectivity index (χ0) is 22.7. The zero-order valence-electron chi connectivity index (χ0n) is 18.3. The topological polar surface area (TPSA) is 91.3 Å². The lowest BCUT2D eigenvalue weighted by atomic mass is 9.64. The lowest BCUT2D eigenvalue weighted by molar-refractivity contribution is -0.190. The third-order valence-corrected chi connectivity index (χ3v) is 8.58. The summed E-state index contributed by atoms with van der Waals surface area (Å²) in [6.45, 7) is 3.63. The second-order valence-electron chi connectivity index (χ2n) is 9.46. The van der Waals surface area contributed by atoms with Gasteiger partial charge in [0.05, 0.1) is 11.7 Å². The maximum atomic E-state index is 14.3. The highest BCUT2D eigenvalue weighted by Crippen LogP contribution is 2.59. The van der Waals surface area contributed by atoms with Crippen LogP contribution in [0.25, 0.3) is 10.9 Å². The van der Waals surface area contributed by atoms with E-state index in [1.54, 1.807) is 6.20 Å². The van der Waals surface area contributed by atoms with Gasteiger partial charge >= 0.3 is 0 Å². The first-order chi connectivity index (χ1) is 15.1. The molecular formula is C21H28F2N6O2S. The van der Waals surface area contributed by atoms with E-state index in [-0.39, 0.29) is 12.5 Å². The number of aromatic nitrogens is 3. The van der Waals surface area contributed by atoms with Crippen LogP contribution in [-0.2, 0) is 10.0 Å². The summed E-state index contributed by atoms with van der Waals surface area (Å²) in [6.07, 6.45) is 5.27. The predicted molar refractivity (Wildman–Crippen MR) is 119 cm³/mol. The molecule has 1 unspecified atom stereocenters. The molecule has 2 aromatic rings. The largest absolute Gasteiger partial charge is 0.354 e. The number of aryl methyl sites for hydroxylation is 1. The summed E-state index contributed by atoms with van der Waals surface area (Å²) in [6, 6.07) is 1.97. The Hall–Kier alpha value is -2.14. The molecule has 8 nitrogen and oxygen atoms in total. The van der Waals surface area contributed by atoms with Gasteiger partial charge in [-0.15, -0.1) is 0 Å². The van der Waals surface area contributed by atoms with Gasteiger partial charge in [-0.25, -0.2) is 36.5 Å². The van der Waals surface area contributed by atoms with Gasteiger partial charge in [-0.3, -0.25) is 0 Å². The highest BCUT2D eigenvalue weighted by molar-refractivity contribution is 7.88. The Morgan fingerprint density at radius 1 is 1.12 bits per heavy atom.